The minimum Gasteiger partial charge on any atom is -0.491 e. The van der Waals surface area contributed by atoms with Gasteiger partial charge in [0.05, 0.1) is 26.4 Å². The summed E-state index contributed by atoms with van der Waals surface area (Å²) in [4.78, 5) is 0. The second-order valence-electron chi connectivity index (χ2n) is 4.30. The lowest BCUT2D eigenvalue weighted by Crippen LogP contribution is -2.10. The van der Waals surface area contributed by atoms with Crippen LogP contribution < -0.4 is 4.74 Å². The summed E-state index contributed by atoms with van der Waals surface area (Å²) in [6.45, 7) is 3.10. The summed E-state index contributed by atoms with van der Waals surface area (Å²) in [6, 6.07) is 9.94. The Bertz CT molecular complexity index is 468. The van der Waals surface area contributed by atoms with Gasteiger partial charge < -0.3 is 14.2 Å². The molecule has 0 atom stereocenters. The van der Waals surface area contributed by atoms with Crippen LogP contribution in [-0.4, -0.2) is 43.3 Å². The zero-order valence-corrected chi connectivity index (χ0v) is 11.7. The van der Waals surface area contributed by atoms with Crippen molar-refractivity contribution in [3.05, 3.63) is 48.3 Å². The number of benzene rings is 1. The fourth-order valence-electron chi connectivity index (χ4n) is 1.73. The van der Waals surface area contributed by atoms with Gasteiger partial charge in [-0.2, -0.15) is 5.10 Å². The maximum Gasteiger partial charge on any atom is 0.119 e. The van der Waals surface area contributed by atoms with E-state index in [9.17, 15) is 0 Å². The SMILES string of the molecule is COCCOCCOc1ccc(Cn2cccn2)cc1. The summed E-state index contributed by atoms with van der Waals surface area (Å²) in [5.74, 6) is 0.851. The van der Waals surface area contributed by atoms with E-state index in [4.69, 9.17) is 14.2 Å². The second-order valence-corrected chi connectivity index (χ2v) is 4.30. The molecule has 2 rings (SSSR count). The van der Waals surface area contributed by atoms with E-state index in [-0.39, 0.29) is 0 Å². The molecule has 5 nitrogen and oxygen atoms in total. The minimum atomic E-state index is 0.544. The Morgan fingerprint density at radius 2 is 1.85 bits per heavy atom. The Morgan fingerprint density at radius 3 is 2.55 bits per heavy atom. The third-order valence-corrected chi connectivity index (χ3v) is 2.76. The topological polar surface area (TPSA) is 45.5 Å². The molecule has 0 unspecified atom stereocenters. The smallest absolute Gasteiger partial charge is 0.119 e. The predicted molar refractivity (Wildman–Crippen MR) is 76.0 cm³/mol. The molecule has 1 heterocycles. The fraction of sp³-hybridized carbons (Fsp3) is 0.400. The standard InChI is InChI=1S/C15H20N2O3/c1-18-9-10-19-11-12-20-15-5-3-14(4-6-15)13-17-8-2-7-16-17/h2-8H,9-13H2,1H3. The largest absolute Gasteiger partial charge is 0.491 e. The molecule has 0 radical (unpaired) electrons. The molecule has 0 spiro atoms. The third-order valence-electron chi connectivity index (χ3n) is 2.76. The summed E-state index contributed by atoms with van der Waals surface area (Å²) in [6.07, 6.45) is 3.73. The maximum absolute atomic E-state index is 5.59. The van der Waals surface area contributed by atoms with E-state index in [2.05, 4.69) is 5.10 Å². The fourth-order valence-corrected chi connectivity index (χ4v) is 1.73. The summed E-state index contributed by atoms with van der Waals surface area (Å²) in [5.41, 5.74) is 1.19. The minimum absolute atomic E-state index is 0.544. The highest BCUT2D eigenvalue weighted by molar-refractivity contribution is 5.27. The molecule has 0 bridgehead atoms. The Kier molecular flexibility index (Phi) is 6.07. The number of hydrogen-bond donors (Lipinski definition) is 0. The Labute approximate surface area is 119 Å². The van der Waals surface area contributed by atoms with Gasteiger partial charge in [-0.1, -0.05) is 12.1 Å². The molecule has 0 saturated carbocycles. The molecular weight excluding hydrogens is 256 g/mol. The summed E-state index contributed by atoms with van der Waals surface area (Å²) < 4.78 is 17.7. The van der Waals surface area contributed by atoms with E-state index >= 15 is 0 Å². The van der Waals surface area contributed by atoms with Crippen molar-refractivity contribution >= 4 is 0 Å². The number of nitrogens with zero attached hydrogens (tertiary/aromatic N) is 2. The third kappa shape index (κ3) is 5.03. The van der Waals surface area contributed by atoms with Gasteiger partial charge >= 0.3 is 0 Å². The number of hydrogen-bond acceptors (Lipinski definition) is 4. The number of methoxy groups -OCH3 is 1. The van der Waals surface area contributed by atoms with Crippen molar-refractivity contribution in [2.24, 2.45) is 0 Å². The van der Waals surface area contributed by atoms with Crippen LogP contribution in [0.1, 0.15) is 5.56 Å². The quantitative estimate of drug-likeness (QED) is 0.657. The van der Waals surface area contributed by atoms with Gasteiger partial charge in [0.15, 0.2) is 0 Å². The van der Waals surface area contributed by atoms with E-state index in [1.165, 1.54) is 5.56 Å². The van der Waals surface area contributed by atoms with E-state index in [1.54, 1.807) is 13.3 Å². The van der Waals surface area contributed by atoms with Crippen molar-refractivity contribution < 1.29 is 14.2 Å². The summed E-state index contributed by atoms with van der Waals surface area (Å²) in [5, 5.41) is 4.18. The molecule has 0 aliphatic carbocycles. The number of aromatic nitrogens is 2. The highest BCUT2D eigenvalue weighted by atomic mass is 16.5. The summed E-state index contributed by atoms with van der Waals surface area (Å²) in [7, 11) is 1.66. The maximum atomic E-state index is 5.59. The Balaban J connectivity index is 1.69. The van der Waals surface area contributed by atoms with E-state index in [0.717, 1.165) is 12.3 Å². The van der Waals surface area contributed by atoms with Gasteiger partial charge in [-0.05, 0) is 23.8 Å². The molecule has 0 saturated heterocycles. The van der Waals surface area contributed by atoms with Crippen LogP contribution in [0.5, 0.6) is 5.75 Å². The molecule has 0 aliphatic rings. The molecule has 1 aromatic carbocycles. The zero-order valence-electron chi connectivity index (χ0n) is 11.7. The molecule has 0 aliphatic heterocycles. The molecule has 0 fully saturated rings. The highest BCUT2D eigenvalue weighted by Crippen LogP contribution is 2.12. The molecule has 20 heavy (non-hydrogen) atoms. The summed E-state index contributed by atoms with van der Waals surface area (Å²) >= 11 is 0. The van der Waals surface area contributed by atoms with Gasteiger partial charge in [-0.15, -0.1) is 0 Å². The molecule has 1 aromatic heterocycles. The van der Waals surface area contributed by atoms with Gasteiger partial charge in [-0.25, -0.2) is 0 Å². The van der Waals surface area contributed by atoms with Crippen LogP contribution in [0.25, 0.3) is 0 Å². The molecule has 0 N–H and O–H groups in total. The number of rotatable bonds is 9. The predicted octanol–water partition coefficient (Wildman–Crippen LogP) is 1.97. The van der Waals surface area contributed by atoms with Crippen molar-refractivity contribution in [3.63, 3.8) is 0 Å². The lowest BCUT2D eigenvalue weighted by molar-refractivity contribution is 0.0544. The van der Waals surface area contributed by atoms with Gasteiger partial charge in [0.2, 0.25) is 0 Å². The van der Waals surface area contributed by atoms with Crippen LogP contribution in [-0.2, 0) is 16.0 Å². The van der Waals surface area contributed by atoms with Gasteiger partial charge in [-0.3, -0.25) is 4.68 Å². The van der Waals surface area contributed by atoms with Gasteiger partial charge in [0.25, 0.3) is 0 Å². The normalized spacial score (nSPS) is 10.7. The average Bonchev–Trinajstić information content (AvgIpc) is 2.97. The van der Waals surface area contributed by atoms with Crippen molar-refractivity contribution in [1.82, 2.24) is 9.78 Å². The van der Waals surface area contributed by atoms with Crippen molar-refractivity contribution in [2.45, 2.75) is 6.54 Å². The van der Waals surface area contributed by atoms with E-state index < -0.39 is 0 Å². The average molecular weight is 276 g/mol. The van der Waals surface area contributed by atoms with Crippen molar-refractivity contribution in [1.29, 1.82) is 0 Å². The van der Waals surface area contributed by atoms with Crippen LogP contribution in [0.3, 0.4) is 0 Å². The van der Waals surface area contributed by atoms with Crippen LogP contribution in [0.2, 0.25) is 0 Å². The molecule has 5 heteroatoms. The van der Waals surface area contributed by atoms with Crippen LogP contribution in [0.4, 0.5) is 0 Å². The Hall–Kier alpha value is -1.85. The van der Waals surface area contributed by atoms with E-state index in [0.29, 0.717) is 26.4 Å². The molecule has 2 aromatic rings. The van der Waals surface area contributed by atoms with Crippen LogP contribution in [0, 0.1) is 0 Å². The zero-order chi connectivity index (χ0) is 14.0. The number of ether oxygens (including phenoxy) is 3. The van der Waals surface area contributed by atoms with Gasteiger partial charge in [0.1, 0.15) is 12.4 Å². The van der Waals surface area contributed by atoms with Gasteiger partial charge in [0, 0.05) is 19.5 Å². The molecular formula is C15H20N2O3. The lowest BCUT2D eigenvalue weighted by Gasteiger charge is -2.08. The van der Waals surface area contributed by atoms with Crippen molar-refractivity contribution in [3.8, 4) is 5.75 Å². The Morgan fingerprint density at radius 1 is 1.05 bits per heavy atom. The van der Waals surface area contributed by atoms with Crippen LogP contribution >= 0.6 is 0 Å². The molecule has 108 valence electrons. The highest BCUT2D eigenvalue weighted by Gasteiger charge is 1.97. The monoisotopic (exact) mass is 276 g/mol. The molecule has 0 amide bonds. The second kappa shape index (κ2) is 8.35. The lowest BCUT2D eigenvalue weighted by atomic mass is 10.2. The first kappa shape index (κ1) is 14.6. The van der Waals surface area contributed by atoms with Crippen LogP contribution in [0.15, 0.2) is 42.7 Å². The first-order valence-corrected chi connectivity index (χ1v) is 6.64. The van der Waals surface area contributed by atoms with E-state index in [1.807, 2.05) is 41.2 Å². The van der Waals surface area contributed by atoms with Crippen molar-refractivity contribution in [2.75, 3.05) is 33.5 Å². The first-order chi connectivity index (χ1) is 9.88. The first-order valence-electron chi connectivity index (χ1n) is 6.64.